The van der Waals surface area contributed by atoms with E-state index in [4.69, 9.17) is 21.1 Å². The minimum atomic E-state index is -0.703. The van der Waals surface area contributed by atoms with Gasteiger partial charge in [-0.15, -0.1) is 0 Å². The highest BCUT2D eigenvalue weighted by atomic mass is 35.5. The van der Waals surface area contributed by atoms with Gasteiger partial charge in [0.2, 0.25) is 5.88 Å². The molecule has 0 saturated carbocycles. The van der Waals surface area contributed by atoms with Crippen LogP contribution < -0.4 is 20.3 Å². The number of benzene rings is 2. The number of nitrogens with zero attached hydrogens (tertiary/aromatic N) is 3. The number of fused-ring (bicyclic) bond motifs is 1. The molecule has 0 aliphatic rings. The van der Waals surface area contributed by atoms with Crippen LogP contribution in [0.5, 0.6) is 17.4 Å². The van der Waals surface area contributed by atoms with Crippen molar-refractivity contribution in [3.8, 4) is 23.4 Å². The summed E-state index contributed by atoms with van der Waals surface area (Å²) in [6.07, 6.45) is 2.70. The molecule has 0 fully saturated rings. The minimum Gasteiger partial charge on any atom is -0.497 e. The van der Waals surface area contributed by atoms with Crippen molar-refractivity contribution in [1.82, 2.24) is 9.38 Å². The number of carbonyl (C=O) groups excluding carboxylic acids is 1. The molecular formula is C25H17ClN4O4. The zero-order valence-electron chi connectivity index (χ0n) is 17.9. The van der Waals surface area contributed by atoms with Gasteiger partial charge >= 0.3 is 0 Å². The van der Waals surface area contributed by atoms with Crippen molar-refractivity contribution in [3.63, 3.8) is 0 Å². The summed E-state index contributed by atoms with van der Waals surface area (Å²) in [5.41, 5.74) is -0.101. The van der Waals surface area contributed by atoms with E-state index in [1.165, 1.54) is 17.7 Å². The summed E-state index contributed by atoms with van der Waals surface area (Å²) in [7, 11) is 1.50. The van der Waals surface area contributed by atoms with Crippen molar-refractivity contribution < 1.29 is 14.3 Å². The molecule has 2 aromatic heterocycles. The number of halogens is 1. The van der Waals surface area contributed by atoms with Crippen molar-refractivity contribution >= 4 is 34.9 Å². The molecule has 2 heterocycles. The SMILES string of the molecule is COc1cccc(NC(=O)C(C#N)=Cc2c(Oc3ccc(Cl)cc3)nc3ccccn3c2=O)c1. The van der Waals surface area contributed by atoms with Crippen LogP contribution in [0.1, 0.15) is 5.56 Å². The van der Waals surface area contributed by atoms with Crippen LogP contribution in [0.3, 0.4) is 0 Å². The van der Waals surface area contributed by atoms with Crippen LogP contribution in [0.15, 0.2) is 83.3 Å². The minimum absolute atomic E-state index is 0.0551. The number of nitriles is 1. The van der Waals surface area contributed by atoms with Crippen LogP contribution >= 0.6 is 11.6 Å². The summed E-state index contributed by atoms with van der Waals surface area (Å²) in [5.74, 6) is 0.160. The molecule has 4 rings (SSSR count). The van der Waals surface area contributed by atoms with Gasteiger partial charge in [-0.05, 0) is 54.6 Å². The van der Waals surface area contributed by atoms with E-state index in [9.17, 15) is 14.9 Å². The number of pyridine rings is 1. The molecule has 0 aliphatic carbocycles. The summed E-state index contributed by atoms with van der Waals surface area (Å²) in [4.78, 5) is 30.4. The topological polar surface area (TPSA) is 106 Å². The molecular weight excluding hydrogens is 456 g/mol. The van der Waals surface area contributed by atoms with Gasteiger partial charge in [-0.3, -0.25) is 14.0 Å². The van der Waals surface area contributed by atoms with Gasteiger partial charge in [0.25, 0.3) is 11.5 Å². The fraction of sp³-hybridized carbons (Fsp3) is 0.0400. The first-order valence-corrected chi connectivity index (χ1v) is 10.4. The summed E-state index contributed by atoms with van der Waals surface area (Å²) in [6, 6.07) is 20.0. The molecule has 2 aromatic carbocycles. The van der Waals surface area contributed by atoms with Crippen molar-refractivity contribution in [2.45, 2.75) is 0 Å². The summed E-state index contributed by atoms with van der Waals surface area (Å²) in [6.45, 7) is 0. The monoisotopic (exact) mass is 472 g/mol. The molecule has 168 valence electrons. The highest BCUT2D eigenvalue weighted by molar-refractivity contribution is 6.30. The van der Waals surface area contributed by atoms with Gasteiger partial charge < -0.3 is 14.8 Å². The molecule has 0 saturated heterocycles. The second kappa shape index (κ2) is 9.90. The molecule has 1 amide bonds. The predicted octanol–water partition coefficient (Wildman–Crippen LogP) is 4.69. The number of methoxy groups -OCH3 is 1. The van der Waals surface area contributed by atoms with Crippen LogP contribution in [-0.4, -0.2) is 22.4 Å². The molecule has 0 radical (unpaired) electrons. The predicted molar refractivity (Wildman–Crippen MR) is 128 cm³/mol. The number of carbonyl (C=O) groups is 1. The first-order valence-electron chi connectivity index (χ1n) is 10.0. The lowest BCUT2D eigenvalue weighted by Gasteiger charge is -2.10. The van der Waals surface area contributed by atoms with E-state index >= 15 is 0 Å². The highest BCUT2D eigenvalue weighted by Crippen LogP contribution is 2.25. The Morgan fingerprint density at radius 1 is 1.12 bits per heavy atom. The van der Waals surface area contributed by atoms with E-state index in [0.29, 0.717) is 27.9 Å². The molecule has 4 aromatic rings. The molecule has 0 atom stereocenters. The Kier molecular flexibility index (Phi) is 6.57. The van der Waals surface area contributed by atoms with Crippen molar-refractivity contribution in [3.05, 3.63) is 99.4 Å². The van der Waals surface area contributed by atoms with Crippen LogP contribution in [0, 0.1) is 11.3 Å². The molecule has 0 aliphatic heterocycles. The number of ether oxygens (including phenoxy) is 2. The van der Waals surface area contributed by atoms with Crippen LogP contribution in [-0.2, 0) is 4.79 Å². The first kappa shape index (κ1) is 22.6. The van der Waals surface area contributed by atoms with Crippen molar-refractivity contribution in [2.24, 2.45) is 0 Å². The number of anilines is 1. The van der Waals surface area contributed by atoms with Gasteiger partial charge in [0.15, 0.2) is 0 Å². The van der Waals surface area contributed by atoms with Gasteiger partial charge in [-0.1, -0.05) is 23.7 Å². The smallest absolute Gasteiger partial charge is 0.269 e. The molecule has 8 nitrogen and oxygen atoms in total. The van der Waals surface area contributed by atoms with Gasteiger partial charge in [0.1, 0.15) is 34.4 Å². The Labute approximate surface area is 199 Å². The Morgan fingerprint density at radius 3 is 2.65 bits per heavy atom. The van der Waals surface area contributed by atoms with Gasteiger partial charge in [-0.25, -0.2) is 0 Å². The maximum Gasteiger partial charge on any atom is 0.269 e. The summed E-state index contributed by atoms with van der Waals surface area (Å²) < 4.78 is 12.3. The van der Waals surface area contributed by atoms with Crippen molar-refractivity contribution in [2.75, 3.05) is 12.4 Å². The molecule has 1 N–H and O–H groups in total. The second-order valence-electron chi connectivity index (χ2n) is 6.98. The normalized spacial score (nSPS) is 11.0. The quantitative estimate of drug-likeness (QED) is 0.322. The van der Waals surface area contributed by atoms with Crippen LogP contribution in [0.25, 0.3) is 11.7 Å². The first-order chi connectivity index (χ1) is 16.5. The van der Waals surface area contributed by atoms with E-state index in [-0.39, 0.29) is 17.0 Å². The Morgan fingerprint density at radius 2 is 1.91 bits per heavy atom. The lowest BCUT2D eigenvalue weighted by Crippen LogP contribution is -2.20. The average Bonchev–Trinajstić information content (AvgIpc) is 2.85. The lowest BCUT2D eigenvalue weighted by atomic mass is 10.1. The number of nitrogens with one attached hydrogen (secondary N) is 1. The standard InChI is InChI=1S/C25H17ClN4O4/c1-33-20-6-4-5-18(14-20)28-23(31)16(15-27)13-21-24(34-19-10-8-17(26)9-11-19)29-22-7-2-3-12-30(22)25(21)32/h2-14H,1H3,(H,28,31). The maximum atomic E-state index is 13.2. The fourth-order valence-electron chi connectivity index (χ4n) is 3.09. The fourth-order valence-corrected chi connectivity index (χ4v) is 3.22. The number of rotatable bonds is 6. The third-order valence-electron chi connectivity index (χ3n) is 4.74. The number of hydrogen-bond acceptors (Lipinski definition) is 6. The molecule has 9 heteroatoms. The third-order valence-corrected chi connectivity index (χ3v) is 5.00. The molecule has 0 spiro atoms. The Balaban J connectivity index is 1.78. The Hall–Kier alpha value is -4.61. The summed E-state index contributed by atoms with van der Waals surface area (Å²) >= 11 is 5.93. The zero-order valence-corrected chi connectivity index (χ0v) is 18.6. The molecule has 34 heavy (non-hydrogen) atoms. The van der Waals surface area contributed by atoms with E-state index in [1.54, 1.807) is 66.7 Å². The largest absolute Gasteiger partial charge is 0.497 e. The van der Waals surface area contributed by atoms with E-state index in [2.05, 4.69) is 10.3 Å². The zero-order chi connectivity index (χ0) is 24.1. The number of aromatic nitrogens is 2. The van der Waals surface area contributed by atoms with Crippen LogP contribution in [0.2, 0.25) is 5.02 Å². The van der Waals surface area contributed by atoms with Gasteiger partial charge in [-0.2, -0.15) is 10.2 Å². The van der Waals surface area contributed by atoms with Gasteiger partial charge in [0, 0.05) is 23.0 Å². The number of amides is 1. The molecule has 0 unspecified atom stereocenters. The van der Waals surface area contributed by atoms with Crippen LogP contribution in [0.4, 0.5) is 5.69 Å². The summed E-state index contributed by atoms with van der Waals surface area (Å²) in [5, 5.41) is 12.8. The van der Waals surface area contributed by atoms with E-state index in [0.717, 1.165) is 6.08 Å². The molecule has 0 bridgehead atoms. The Bertz CT molecular complexity index is 1500. The highest BCUT2D eigenvalue weighted by Gasteiger charge is 2.17. The average molecular weight is 473 g/mol. The lowest BCUT2D eigenvalue weighted by molar-refractivity contribution is -0.112. The third kappa shape index (κ3) is 4.90. The van der Waals surface area contributed by atoms with E-state index in [1.807, 2.05) is 6.07 Å². The number of hydrogen-bond donors (Lipinski definition) is 1. The van der Waals surface area contributed by atoms with E-state index < -0.39 is 11.5 Å². The maximum absolute atomic E-state index is 13.2. The van der Waals surface area contributed by atoms with Gasteiger partial charge in [0.05, 0.1) is 7.11 Å². The second-order valence-corrected chi connectivity index (χ2v) is 7.41. The van der Waals surface area contributed by atoms with Crippen molar-refractivity contribution in [1.29, 1.82) is 5.26 Å².